The topological polar surface area (TPSA) is 93.8 Å². The SMILES string of the molecule is CC(=O)Nc1nc2ccc(Br)nc2s1.Nc1ccc(Br)nc1Br. The molecule has 0 aliphatic rings. The Balaban J connectivity index is 0.000000185. The van der Waals surface area contributed by atoms with E-state index in [1.54, 1.807) is 12.1 Å². The lowest BCUT2D eigenvalue weighted by molar-refractivity contribution is -0.114. The molecule has 3 N–H and O–H groups in total. The second-order valence-electron chi connectivity index (χ2n) is 4.17. The third-order valence-corrected chi connectivity index (χ3v) is 4.75. The lowest BCUT2D eigenvalue weighted by Gasteiger charge is -1.94. The van der Waals surface area contributed by atoms with E-state index in [0.29, 0.717) is 15.4 Å². The van der Waals surface area contributed by atoms with E-state index in [9.17, 15) is 4.79 Å². The van der Waals surface area contributed by atoms with Crippen LogP contribution < -0.4 is 11.1 Å². The molecular weight excluding hydrogens is 514 g/mol. The largest absolute Gasteiger partial charge is 0.397 e. The van der Waals surface area contributed by atoms with Gasteiger partial charge in [-0.05, 0) is 72.1 Å². The van der Waals surface area contributed by atoms with E-state index >= 15 is 0 Å². The quantitative estimate of drug-likeness (QED) is 0.455. The van der Waals surface area contributed by atoms with Crippen molar-refractivity contribution in [1.29, 1.82) is 0 Å². The fourth-order valence-corrected chi connectivity index (χ4v) is 3.60. The van der Waals surface area contributed by atoms with Gasteiger partial charge in [0, 0.05) is 6.92 Å². The summed E-state index contributed by atoms with van der Waals surface area (Å²) in [5.41, 5.74) is 6.90. The van der Waals surface area contributed by atoms with Crippen molar-refractivity contribution in [3.05, 3.63) is 38.1 Å². The molecule has 3 heterocycles. The number of halogens is 3. The molecule has 0 aliphatic carbocycles. The van der Waals surface area contributed by atoms with Crippen LogP contribution in [0.4, 0.5) is 10.8 Å². The zero-order chi connectivity index (χ0) is 17.0. The summed E-state index contributed by atoms with van der Waals surface area (Å²) in [5.74, 6) is -0.122. The Morgan fingerprint density at radius 3 is 2.35 bits per heavy atom. The summed E-state index contributed by atoms with van der Waals surface area (Å²) >= 11 is 11.0. The molecule has 6 nitrogen and oxygen atoms in total. The first kappa shape index (κ1) is 18.2. The smallest absolute Gasteiger partial charge is 0.223 e. The fraction of sp³-hybridized carbons (Fsp3) is 0.0769. The molecule has 3 rings (SSSR count). The fourth-order valence-electron chi connectivity index (χ4n) is 1.42. The van der Waals surface area contributed by atoms with E-state index in [-0.39, 0.29) is 5.91 Å². The van der Waals surface area contributed by atoms with Crippen LogP contribution in [0.25, 0.3) is 10.3 Å². The second kappa shape index (κ2) is 8.13. The number of aromatic nitrogens is 3. The third-order valence-electron chi connectivity index (χ3n) is 2.35. The molecule has 23 heavy (non-hydrogen) atoms. The van der Waals surface area contributed by atoms with E-state index in [0.717, 1.165) is 19.6 Å². The van der Waals surface area contributed by atoms with E-state index in [4.69, 9.17) is 5.73 Å². The van der Waals surface area contributed by atoms with Gasteiger partial charge in [-0.3, -0.25) is 4.79 Å². The number of nitrogens with one attached hydrogen (secondary N) is 1. The molecule has 0 atom stereocenters. The average molecular weight is 524 g/mol. The van der Waals surface area contributed by atoms with Crippen LogP contribution in [0.1, 0.15) is 6.92 Å². The maximum Gasteiger partial charge on any atom is 0.223 e. The first-order valence-corrected chi connectivity index (χ1v) is 9.33. The van der Waals surface area contributed by atoms with Crippen molar-refractivity contribution in [2.45, 2.75) is 6.92 Å². The minimum absolute atomic E-state index is 0.122. The minimum Gasteiger partial charge on any atom is -0.397 e. The molecule has 0 saturated heterocycles. The number of anilines is 2. The molecule has 0 fully saturated rings. The highest BCUT2D eigenvalue weighted by Crippen LogP contribution is 2.25. The number of rotatable bonds is 1. The van der Waals surface area contributed by atoms with Crippen molar-refractivity contribution in [2.24, 2.45) is 0 Å². The van der Waals surface area contributed by atoms with Gasteiger partial charge in [-0.1, -0.05) is 11.3 Å². The van der Waals surface area contributed by atoms with Crippen LogP contribution in [0.3, 0.4) is 0 Å². The normalized spacial score (nSPS) is 10.1. The molecule has 0 radical (unpaired) electrons. The van der Waals surface area contributed by atoms with E-state index in [1.807, 2.05) is 12.1 Å². The summed E-state index contributed by atoms with van der Waals surface area (Å²) in [5, 5.41) is 3.21. The van der Waals surface area contributed by atoms with Crippen LogP contribution >= 0.6 is 59.1 Å². The lowest BCUT2D eigenvalue weighted by Crippen LogP contribution is -2.04. The van der Waals surface area contributed by atoms with Crippen LogP contribution in [0.5, 0.6) is 0 Å². The summed E-state index contributed by atoms with van der Waals surface area (Å²) in [6.45, 7) is 1.45. The average Bonchev–Trinajstić information content (AvgIpc) is 2.84. The number of carbonyl (C=O) groups is 1. The van der Waals surface area contributed by atoms with Crippen molar-refractivity contribution < 1.29 is 4.79 Å². The van der Waals surface area contributed by atoms with Gasteiger partial charge in [-0.15, -0.1) is 0 Å². The molecule has 0 aromatic carbocycles. The highest BCUT2D eigenvalue weighted by Gasteiger charge is 2.05. The molecule has 120 valence electrons. The predicted octanol–water partition coefficient (Wildman–Crippen LogP) is 4.60. The number of nitrogen functional groups attached to an aromatic ring is 1. The maximum atomic E-state index is 10.8. The number of carbonyl (C=O) groups excluding carboxylic acids is 1. The van der Waals surface area contributed by atoms with Gasteiger partial charge in [0.1, 0.15) is 24.2 Å². The van der Waals surface area contributed by atoms with Crippen LogP contribution in [0.2, 0.25) is 0 Å². The monoisotopic (exact) mass is 521 g/mol. The summed E-state index contributed by atoms with van der Waals surface area (Å²) in [4.78, 5) is 24.0. The number of thiazole rings is 1. The van der Waals surface area contributed by atoms with Crippen LogP contribution in [0, 0.1) is 0 Å². The third kappa shape index (κ3) is 5.48. The summed E-state index contributed by atoms with van der Waals surface area (Å²) in [7, 11) is 0. The van der Waals surface area contributed by atoms with E-state index < -0.39 is 0 Å². The van der Waals surface area contributed by atoms with Crippen LogP contribution in [-0.2, 0) is 4.79 Å². The van der Waals surface area contributed by atoms with Gasteiger partial charge in [0.15, 0.2) is 5.13 Å². The van der Waals surface area contributed by atoms with Gasteiger partial charge < -0.3 is 11.1 Å². The Kier molecular flexibility index (Phi) is 6.45. The van der Waals surface area contributed by atoms with Gasteiger partial charge in [-0.25, -0.2) is 15.0 Å². The number of amides is 1. The molecule has 10 heteroatoms. The number of hydrogen-bond donors (Lipinski definition) is 2. The van der Waals surface area contributed by atoms with Gasteiger partial charge >= 0.3 is 0 Å². The van der Waals surface area contributed by atoms with Crippen molar-refractivity contribution in [2.75, 3.05) is 11.1 Å². The molecular formula is C13H10Br3N5OS. The highest BCUT2D eigenvalue weighted by atomic mass is 79.9. The van der Waals surface area contributed by atoms with Crippen molar-refractivity contribution in [3.63, 3.8) is 0 Å². The van der Waals surface area contributed by atoms with Crippen molar-refractivity contribution in [1.82, 2.24) is 15.0 Å². The first-order chi connectivity index (χ1) is 10.8. The zero-order valence-electron chi connectivity index (χ0n) is 11.7. The number of nitrogens with two attached hydrogens (primary N) is 1. The molecule has 3 aromatic heterocycles. The Bertz CT molecular complexity index is 855. The Morgan fingerprint density at radius 2 is 1.74 bits per heavy atom. The van der Waals surface area contributed by atoms with Gasteiger partial charge in [0.25, 0.3) is 0 Å². The van der Waals surface area contributed by atoms with Crippen LogP contribution in [0.15, 0.2) is 38.1 Å². The van der Waals surface area contributed by atoms with Crippen LogP contribution in [-0.4, -0.2) is 20.9 Å². The Morgan fingerprint density at radius 1 is 1.09 bits per heavy atom. The summed E-state index contributed by atoms with van der Waals surface area (Å²) < 4.78 is 2.23. The van der Waals surface area contributed by atoms with E-state index in [2.05, 4.69) is 68.1 Å². The summed E-state index contributed by atoms with van der Waals surface area (Å²) in [6, 6.07) is 7.25. The first-order valence-electron chi connectivity index (χ1n) is 6.13. The number of pyridine rings is 2. The molecule has 1 amide bonds. The molecule has 0 unspecified atom stereocenters. The number of hydrogen-bond acceptors (Lipinski definition) is 6. The lowest BCUT2D eigenvalue weighted by atomic mass is 10.4. The molecule has 0 spiro atoms. The highest BCUT2D eigenvalue weighted by molar-refractivity contribution is 9.11. The minimum atomic E-state index is -0.122. The molecule has 0 bridgehead atoms. The second-order valence-corrected chi connectivity index (χ2v) is 7.53. The maximum absolute atomic E-state index is 10.8. The van der Waals surface area contributed by atoms with Gasteiger partial charge in [0.05, 0.1) is 5.69 Å². The number of fused-ring (bicyclic) bond motifs is 1. The van der Waals surface area contributed by atoms with E-state index in [1.165, 1.54) is 18.3 Å². The standard InChI is InChI=1S/C8H6BrN3OS.C5H4Br2N2/c1-4(13)10-8-11-5-2-3-6(9)12-7(5)14-8;6-4-2-1-3(8)5(7)9-4/h2-3H,1H3,(H,10,11,13);1-2H,8H2. The summed E-state index contributed by atoms with van der Waals surface area (Å²) in [6.07, 6.45) is 0. The zero-order valence-corrected chi connectivity index (χ0v) is 17.3. The Hall–Kier alpha value is -1.10. The van der Waals surface area contributed by atoms with Gasteiger partial charge in [0.2, 0.25) is 5.91 Å². The van der Waals surface area contributed by atoms with Crippen molar-refractivity contribution >= 4 is 86.2 Å². The van der Waals surface area contributed by atoms with Gasteiger partial charge in [-0.2, -0.15) is 0 Å². The van der Waals surface area contributed by atoms with Crippen molar-refractivity contribution in [3.8, 4) is 0 Å². The number of nitrogens with zero attached hydrogens (tertiary/aromatic N) is 3. The predicted molar refractivity (Wildman–Crippen MR) is 103 cm³/mol. The Labute approximate surface area is 161 Å². The molecule has 0 saturated carbocycles. The molecule has 3 aromatic rings. The molecule has 0 aliphatic heterocycles.